The zero-order chi connectivity index (χ0) is 9.97. The number of carbonyl (C=O) groups is 1. The molecule has 2 rings (SSSR count). The minimum Gasteiger partial charge on any atom is -0.476 e. The fourth-order valence-corrected chi connectivity index (χ4v) is 2.71. The Bertz CT molecular complexity index is 331. The van der Waals surface area contributed by atoms with E-state index < -0.39 is 5.97 Å². The summed E-state index contributed by atoms with van der Waals surface area (Å²) in [5.74, 6) is 1.37. The lowest BCUT2D eigenvalue weighted by Crippen LogP contribution is -2.13. The van der Waals surface area contributed by atoms with Crippen LogP contribution in [0.4, 0.5) is 0 Å². The molecule has 1 aliphatic heterocycles. The molecule has 0 amide bonds. The Morgan fingerprint density at radius 3 is 2.86 bits per heavy atom. The molecule has 1 saturated heterocycles. The van der Waals surface area contributed by atoms with Gasteiger partial charge in [0.15, 0.2) is 5.69 Å². The number of nitrogens with zero attached hydrogens (tertiary/aromatic N) is 2. The first kappa shape index (κ1) is 9.58. The van der Waals surface area contributed by atoms with Crippen LogP contribution in [0.1, 0.15) is 29.4 Å². The third kappa shape index (κ3) is 1.92. The molecular weight excluding hydrogens is 200 g/mol. The highest BCUT2D eigenvalue weighted by molar-refractivity contribution is 7.99. The van der Waals surface area contributed by atoms with Gasteiger partial charge in [0, 0.05) is 12.2 Å². The fourth-order valence-electron chi connectivity index (χ4n) is 1.63. The predicted molar refractivity (Wildman–Crippen MR) is 54.8 cm³/mol. The van der Waals surface area contributed by atoms with E-state index in [0.717, 1.165) is 24.3 Å². The van der Waals surface area contributed by atoms with Crippen molar-refractivity contribution >= 4 is 17.7 Å². The molecule has 1 aromatic rings. The number of thioether (sulfide) groups is 1. The quantitative estimate of drug-likeness (QED) is 0.809. The lowest BCUT2D eigenvalue weighted by Gasteiger charge is -2.22. The van der Waals surface area contributed by atoms with Crippen LogP contribution in [0.15, 0.2) is 12.5 Å². The molecule has 1 aliphatic rings. The first-order chi connectivity index (χ1) is 6.77. The second kappa shape index (κ2) is 4.04. The van der Waals surface area contributed by atoms with Crippen LogP contribution in [0.3, 0.4) is 0 Å². The average Bonchev–Trinajstić information content (AvgIpc) is 2.68. The Hall–Kier alpha value is -0.970. The van der Waals surface area contributed by atoms with E-state index in [1.165, 1.54) is 0 Å². The van der Waals surface area contributed by atoms with E-state index >= 15 is 0 Å². The van der Waals surface area contributed by atoms with Crippen molar-refractivity contribution in [3.05, 3.63) is 18.2 Å². The highest BCUT2D eigenvalue weighted by Crippen LogP contribution is 2.26. The molecule has 14 heavy (non-hydrogen) atoms. The van der Waals surface area contributed by atoms with E-state index in [-0.39, 0.29) is 5.69 Å². The van der Waals surface area contributed by atoms with Gasteiger partial charge in [0.05, 0.1) is 6.33 Å². The van der Waals surface area contributed by atoms with Crippen molar-refractivity contribution in [3.8, 4) is 0 Å². The Morgan fingerprint density at radius 2 is 2.29 bits per heavy atom. The molecule has 1 aromatic heterocycles. The maximum Gasteiger partial charge on any atom is 0.356 e. The molecule has 5 heteroatoms. The number of hydrogen-bond acceptors (Lipinski definition) is 3. The van der Waals surface area contributed by atoms with Gasteiger partial charge in [-0.1, -0.05) is 0 Å². The zero-order valence-electron chi connectivity index (χ0n) is 7.72. The average molecular weight is 212 g/mol. The molecule has 0 unspecified atom stereocenters. The molecule has 76 valence electrons. The number of carboxylic acid groups (broad SMARTS) is 1. The highest BCUT2D eigenvalue weighted by atomic mass is 32.2. The monoisotopic (exact) mass is 212 g/mol. The molecule has 1 N–H and O–H groups in total. The topological polar surface area (TPSA) is 55.1 Å². The first-order valence-corrected chi connectivity index (χ1v) is 5.77. The van der Waals surface area contributed by atoms with E-state index in [0.29, 0.717) is 6.04 Å². The fraction of sp³-hybridized carbons (Fsp3) is 0.556. The van der Waals surface area contributed by atoms with Crippen LogP contribution in [-0.4, -0.2) is 32.1 Å². The summed E-state index contributed by atoms with van der Waals surface area (Å²) in [6.07, 6.45) is 5.48. The van der Waals surface area contributed by atoms with Gasteiger partial charge in [0.2, 0.25) is 0 Å². The largest absolute Gasteiger partial charge is 0.476 e. The summed E-state index contributed by atoms with van der Waals surface area (Å²) in [6, 6.07) is 0.442. The number of hydrogen-bond donors (Lipinski definition) is 1. The SMILES string of the molecule is O=C(O)c1cn(C2CCSCC2)cn1. The molecular formula is C9H12N2O2S. The van der Waals surface area contributed by atoms with Gasteiger partial charge in [-0.2, -0.15) is 11.8 Å². The van der Waals surface area contributed by atoms with Crippen molar-refractivity contribution in [1.82, 2.24) is 9.55 Å². The third-order valence-corrected chi connectivity index (χ3v) is 3.48. The Morgan fingerprint density at radius 1 is 1.57 bits per heavy atom. The number of aromatic nitrogens is 2. The summed E-state index contributed by atoms with van der Waals surface area (Å²) in [5.41, 5.74) is 0.142. The second-order valence-corrected chi connectivity index (χ2v) is 4.58. The van der Waals surface area contributed by atoms with Gasteiger partial charge >= 0.3 is 5.97 Å². The van der Waals surface area contributed by atoms with Crippen molar-refractivity contribution in [2.45, 2.75) is 18.9 Å². The first-order valence-electron chi connectivity index (χ1n) is 4.62. The maximum atomic E-state index is 10.6. The zero-order valence-corrected chi connectivity index (χ0v) is 8.54. The lowest BCUT2D eigenvalue weighted by molar-refractivity contribution is 0.0691. The van der Waals surface area contributed by atoms with Crippen LogP contribution in [0.2, 0.25) is 0 Å². The van der Waals surface area contributed by atoms with E-state index in [2.05, 4.69) is 4.98 Å². The van der Waals surface area contributed by atoms with Crippen molar-refractivity contribution < 1.29 is 9.90 Å². The van der Waals surface area contributed by atoms with E-state index in [9.17, 15) is 4.79 Å². The summed E-state index contributed by atoms with van der Waals surface area (Å²) < 4.78 is 1.93. The van der Waals surface area contributed by atoms with Gasteiger partial charge in [0.1, 0.15) is 0 Å². The van der Waals surface area contributed by atoms with Crippen LogP contribution < -0.4 is 0 Å². The van der Waals surface area contributed by atoms with Crippen LogP contribution >= 0.6 is 11.8 Å². The number of carboxylic acids is 1. The normalized spacial score (nSPS) is 18.3. The number of aromatic carboxylic acids is 1. The number of imidazole rings is 1. The summed E-state index contributed by atoms with van der Waals surface area (Å²) >= 11 is 1.96. The summed E-state index contributed by atoms with van der Waals surface area (Å²) in [4.78, 5) is 14.5. The molecule has 0 bridgehead atoms. The molecule has 1 fully saturated rings. The van der Waals surface area contributed by atoms with Gasteiger partial charge in [-0.05, 0) is 24.3 Å². The summed E-state index contributed by atoms with van der Waals surface area (Å²) in [5, 5.41) is 8.72. The van der Waals surface area contributed by atoms with Crippen molar-refractivity contribution in [2.75, 3.05) is 11.5 Å². The molecule has 0 spiro atoms. The van der Waals surface area contributed by atoms with Gasteiger partial charge in [-0.25, -0.2) is 9.78 Å². The third-order valence-electron chi connectivity index (χ3n) is 2.43. The van der Waals surface area contributed by atoms with E-state index in [4.69, 9.17) is 5.11 Å². The van der Waals surface area contributed by atoms with Gasteiger partial charge < -0.3 is 9.67 Å². The molecule has 0 aromatic carbocycles. The van der Waals surface area contributed by atoms with E-state index in [1.807, 2.05) is 16.3 Å². The minimum atomic E-state index is -0.950. The van der Waals surface area contributed by atoms with Crippen LogP contribution in [0.25, 0.3) is 0 Å². The molecule has 2 heterocycles. The Balaban J connectivity index is 2.11. The second-order valence-electron chi connectivity index (χ2n) is 3.35. The standard InChI is InChI=1S/C9H12N2O2S/c12-9(13)8-5-11(6-10-8)7-1-3-14-4-2-7/h5-7H,1-4H2,(H,12,13). The lowest BCUT2D eigenvalue weighted by atomic mass is 10.1. The van der Waals surface area contributed by atoms with Crippen molar-refractivity contribution in [3.63, 3.8) is 0 Å². The smallest absolute Gasteiger partial charge is 0.356 e. The Kier molecular flexibility index (Phi) is 2.77. The van der Waals surface area contributed by atoms with Gasteiger partial charge in [0.25, 0.3) is 0 Å². The summed E-state index contributed by atoms with van der Waals surface area (Å²) in [6.45, 7) is 0. The molecule has 0 aliphatic carbocycles. The molecule has 4 nitrogen and oxygen atoms in total. The van der Waals surface area contributed by atoms with Crippen LogP contribution in [-0.2, 0) is 0 Å². The highest BCUT2D eigenvalue weighted by Gasteiger charge is 2.16. The Labute approximate surface area is 86.3 Å². The number of rotatable bonds is 2. The molecule has 0 radical (unpaired) electrons. The van der Waals surface area contributed by atoms with Crippen molar-refractivity contribution in [2.24, 2.45) is 0 Å². The van der Waals surface area contributed by atoms with Crippen LogP contribution in [0, 0.1) is 0 Å². The molecule has 0 saturated carbocycles. The predicted octanol–water partition coefficient (Wildman–Crippen LogP) is 1.65. The molecule has 0 atom stereocenters. The van der Waals surface area contributed by atoms with Crippen LogP contribution in [0.5, 0.6) is 0 Å². The van der Waals surface area contributed by atoms with Gasteiger partial charge in [-0.3, -0.25) is 0 Å². The maximum absolute atomic E-state index is 10.6. The summed E-state index contributed by atoms with van der Waals surface area (Å²) in [7, 11) is 0. The minimum absolute atomic E-state index is 0.142. The van der Waals surface area contributed by atoms with Crippen molar-refractivity contribution in [1.29, 1.82) is 0 Å². The van der Waals surface area contributed by atoms with E-state index in [1.54, 1.807) is 12.5 Å². The van der Waals surface area contributed by atoms with Gasteiger partial charge in [-0.15, -0.1) is 0 Å².